The molecule has 26 heavy (non-hydrogen) atoms. The minimum atomic E-state index is 0.189. The van der Waals surface area contributed by atoms with Gasteiger partial charge < -0.3 is 14.4 Å². The Balaban J connectivity index is 1.42. The van der Waals surface area contributed by atoms with Crippen LogP contribution in [-0.2, 0) is 16.1 Å². The van der Waals surface area contributed by atoms with Crippen molar-refractivity contribution in [2.24, 2.45) is 11.3 Å². The molecular weight excluding hydrogens is 328 g/mol. The second-order valence-corrected chi connectivity index (χ2v) is 8.06. The Kier molecular flexibility index (Phi) is 5.18. The average molecular weight is 358 g/mol. The number of morpholine rings is 1. The molecule has 3 aliphatic rings. The molecule has 4 rings (SSSR count). The molecule has 0 unspecified atom stereocenters. The molecule has 1 aromatic carbocycles. The molecule has 5 heteroatoms. The van der Waals surface area contributed by atoms with Crippen molar-refractivity contribution in [2.45, 2.75) is 32.2 Å². The lowest BCUT2D eigenvalue weighted by Gasteiger charge is -2.36. The van der Waals surface area contributed by atoms with Gasteiger partial charge in [-0.25, -0.2) is 0 Å². The summed E-state index contributed by atoms with van der Waals surface area (Å²) >= 11 is 0. The molecule has 0 aromatic heterocycles. The number of hydrogen-bond donors (Lipinski definition) is 0. The van der Waals surface area contributed by atoms with E-state index in [0.29, 0.717) is 19.1 Å². The summed E-state index contributed by atoms with van der Waals surface area (Å²) in [4.78, 5) is 17.7. The number of carbonyl (C=O) groups is 1. The third-order valence-electron chi connectivity index (χ3n) is 6.53. The molecule has 1 saturated carbocycles. The summed E-state index contributed by atoms with van der Waals surface area (Å²) in [5, 5.41) is 0. The van der Waals surface area contributed by atoms with Gasteiger partial charge in [-0.15, -0.1) is 0 Å². The van der Waals surface area contributed by atoms with Gasteiger partial charge in [-0.3, -0.25) is 9.69 Å². The fourth-order valence-corrected chi connectivity index (χ4v) is 5.16. The van der Waals surface area contributed by atoms with E-state index in [1.165, 1.54) is 18.4 Å². The minimum absolute atomic E-state index is 0.189. The number of likely N-dealkylation sites (tertiary alicyclic amines) is 1. The van der Waals surface area contributed by atoms with Crippen molar-refractivity contribution in [3.63, 3.8) is 0 Å². The van der Waals surface area contributed by atoms with Crippen molar-refractivity contribution in [2.75, 3.05) is 46.5 Å². The number of nitrogens with zero attached hydrogens (tertiary/aromatic N) is 2. The molecule has 2 aliphatic heterocycles. The first-order chi connectivity index (χ1) is 12.7. The molecular formula is C21H30N2O3. The predicted octanol–water partition coefficient (Wildman–Crippen LogP) is 2.55. The summed E-state index contributed by atoms with van der Waals surface area (Å²) < 4.78 is 10.8. The largest absolute Gasteiger partial charge is 0.497 e. The van der Waals surface area contributed by atoms with E-state index < -0.39 is 0 Å². The number of carbonyl (C=O) groups excluding carboxylic acids is 1. The highest BCUT2D eigenvalue weighted by atomic mass is 16.5. The van der Waals surface area contributed by atoms with Crippen LogP contribution >= 0.6 is 0 Å². The van der Waals surface area contributed by atoms with Crippen LogP contribution in [0.5, 0.6) is 5.75 Å². The molecule has 0 radical (unpaired) electrons. The Morgan fingerprint density at radius 2 is 2.12 bits per heavy atom. The number of amides is 1. The quantitative estimate of drug-likeness (QED) is 0.830. The fourth-order valence-electron chi connectivity index (χ4n) is 5.16. The zero-order valence-corrected chi connectivity index (χ0v) is 15.8. The summed E-state index contributed by atoms with van der Waals surface area (Å²) in [6.07, 6.45) is 4.59. The summed E-state index contributed by atoms with van der Waals surface area (Å²) in [5.74, 6) is 1.50. The monoisotopic (exact) mass is 358 g/mol. The van der Waals surface area contributed by atoms with Crippen LogP contribution in [0.4, 0.5) is 0 Å². The first-order valence-electron chi connectivity index (χ1n) is 9.92. The highest BCUT2D eigenvalue weighted by molar-refractivity contribution is 5.80. The molecule has 1 spiro atoms. The Labute approximate surface area is 156 Å². The lowest BCUT2D eigenvalue weighted by atomic mass is 9.76. The smallest absolute Gasteiger partial charge is 0.226 e. The number of benzene rings is 1. The lowest BCUT2D eigenvalue weighted by Crippen LogP contribution is -2.47. The average Bonchev–Trinajstić information content (AvgIpc) is 3.29. The Morgan fingerprint density at radius 1 is 1.27 bits per heavy atom. The molecule has 0 bridgehead atoms. The summed E-state index contributed by atoms with van der Waals surface area (Å²) in [5.41, 5.74) is 1.48. The molecule has 5 nitrogen and oxygen atoms in total. The minimum Gasteiger partial charge on any atom is -0.497 e. The van der Waals surface area contributed by atoms with E-state index in [0.717, 1.165) is 51.3 Å². The van der Waals surface area contributed by atoms with Gasteiger partial charge >= 0.3 is 0 Å². The predicted molar refractivity (Wildman–Crippen MR) is 100 cm³/mol. The van der Waals surface area contributed by atoms with Gasteiger partial charge in [-0.1, -0.05) is 18.6 Å². The maximum Gasteiger partial charge on any atom is 0.226 e. The molecule has 142 valence electrons. The zero-order chi connectivity index (χ0) is 18.0. The van der Waals surface area contributed by atoms with Gasteiger partial charge in [0.15, 0.2) is 0 Å². The van der Waals surface area contributed by atoms with Crippen LogP contribution in [-0.4, -0.2) is 62.2 Å². The summed E-state index contributed by atoms with van der Waals surface area (Å²) in [6.45, 7) is 5.98. The molecule has 2 atom stereocenters. The first kappa shape index (κ1) is 17.8. The number of rotatable bonds is 4. The van der Waals surface area contributed by atoms with Gasteiger partial charge in [0, 0.05) is 32.1 Å². The van der Waals surface area contributed by atoms with Crippen molar-refractivity contribution < 1.29 is 14.3 Å². The second kappa shape index (κ2) is 7.57. The van der Waals surface area contributed by atoms with E-state index in [9.17, 15) is 4.79 Å². The Bertz CT molecular complexity index is 644. The topological polar surface area (TPSA) is 42.0 Å². The standard InChI is InChI=1S/C21H30N2O3/c1-25-18-5-2-4-17(14-18)15-22-9-8-21(16-22)7-3-6-19(21)20(24)23-10-12-26-13-11-23/h2,4-5,14,19H,3,6-13,15-16H2,1H3/t19-,21-/m0/s1. The maximum absolute atomic E-state index is 13.1. The van der Waals surface area contributed by atoms with Gasteiger partial charge in [0.25, 0.3) is 0 Å². The van der Waals surface area contributed by atoms with Crippen LogP contribution in [0, 0.1) is 11.3 Å². The molecule has 1 amide bonds. The first-order valence-corrected chi connectivity index (χ1v) is 9.92. The van der Waals surface area contributed by atoms with Crippen LogP contribution in [0.25, 0.3) is 0 Å². The molecule has 1 aliphatic carbocycles. The number of hydrogen-bond acceptors (Lipinski definition) is 4. The van der Waals surface area contributed by atoms with Crippen molar-refractivity contribution in [3.8, 4) is 5.75 Å². The van der Waals surface area contributed by atoms with E-state index >= 15 is 0 Å². The van der Waals surface area contributed by atoms with Crippen LogP contribution in [0.15, 0.2) is 24.3 Å². The van der Waals surface area contributed by atoms with Crippen LogP contribution in [0.3, 0.4) is 0 Å². The third kappa shape index (κ3) is 3.47. The lowest BCUT2D eigenvalue weighted by molar-refractivity contribution is -0.143. The summed E-state index contributed by atoms with van der Waals surface area (Å²) in [7, 11) is 1.71. The van der Waals surface area contributed by atoms with Crippen molar-refractivity contribution in [1.82, 2.24) is 9.80 Å². The fraction of sp³-hybridized carbons (Fsp3) is 0.667. The number of methoxy groups -OCH3 is 1. The van der Waals surface area contributed by atoms with Gasteiger partial charge in [0.1, 0.15) is 5.75 Å². The van der Waals surface area contributed by atoms with E-state index in [-0.39, 0.29) is 11.3 Å². The van der Waals surface area contributed by atoms with Gasteiger partial charge in [-0.2, -0.15) is 0 Å². The van der Waals surface area contributed by atoms with E-state index in [1.807, 2.05) is 11.0 Å². The van der Waals surface area contributed by atoms with Crippen LogP contribution in [0.1, 0.15) is 31.2 Å². The zero-order valence-electron chi connectivity index (χ0n) is 15.8. The van der Waals surface area contributed by atoms with Crippen LogP contribution < -0.4 is 4.74 Å². The van der Waals surface area contributed by atoms with Gasteiger partial charge in [-0.05, 0) is 48.9 Å². The molecule has 3 fully saturated rings. The molecule has 0 N–H and O–H groups in total. The highest BCUT2D eigenvalue weighted by Gasteiger charge is 2.51. The van der Waals surface area contributed by atoms with E-state index in [1.54, 1.807) is 7.11 Å². The summed E-state index contributed by atoms with van der Waals surface area (Å²) in [6, 6.07) is 8.33. The van der Waals surface area contributed by atoms with E-state index in [2.05, 4.69) is 23.1 Å². The molecule has 2 saturated heterocycles. The Hall–Kier alpha value is -1.59. The van der Waals surface area contributed by atoms with Crippen LogP contribution in [0.2, 0.25) is 0 Å². The SMILES string of the molecule is COc1cccc(CN2CC[C@@]3(CCC[C@H]3C(=O)N3CCOCC3)C2)c1. The Morgan fingerprint density at radius 3 is 2.92 bits per heavy atom. The molecule has 2 heterocycles. The molecule has 1 aromatic rings. The second-order valence-electron chi connectivity index (χ2n) is 8.06. The van der Waals surface area contributed by atoms with E-state index in [4.69, 9.17) is 9.47 Å². The maximum atomic E-state index is 13.1. The highest BCUT2D eigenvalue weighted by Crippen LogP contribution is 2.50. The number of ether oxygens (including phenoxy) is 2. The van der Waals surface area contributed by atoms with Crippen molar-refractivity contribution in [3.05, 3.63) is 29.8 Å². The van der Waals surface area contributed by atoms with Gasteiger partial charge in [0.2, 0.25) is 5.91 Å². The van der Waals surface area contributed by atoms with Crippen molar-refractivity contribution in [1.29, 1.82) is 0 Å². The van der Waals surface area contributed by atoms with Gasteiger partial charge in [0.05, 0.1) is 20.3 Å². The van der Waals surface area contributed by atoms with Crippen molar-refractivity contribution >= 4 is 5.91 Å². The third-order valence-corrected chi connectivity index (χ3v) is 6.53. The normalized spacial score (nSPS) is 29.4.